The molecule has 1 heterocycles. The van der Waals surface area contributed by atoms with E-state index in [1.807, 2.05) is 22.6 Å². The molecule has 0 spiro atoms. The van der Waals surface area contributed by atoms with Gasteiger partial charge in [-0.25, -0.2) is 4.39 Å². The van der Waals surface area contributed by atoms with Crippen molar-refractivity contribution in [3.63, 3.8) is 0 Å². The third kappa shape index (κ3) is 2.95. The molecular weight excluding hydrogens is 350 g/mol. The van der Waals surface area contributed by atoms with E-state index in [1.165, 1.54) is 36.5 Å². The van der Waals surface area contributed by atoms with Crippen molar-refractivity contribution in [2.75, 3.05) is 5.32 Å². The number of benzene rings is 1. The van der Waals surface area contributed by atoms with Gasteiger partial charge in [-0.05, 0) is 46.9 Å². The molecule has 0 saturated heterocycles. The number of amides is 1. The number of nitrogens with one attached hydrogen (secondary N) is 2. The van der Waals surface area contributed by atoms with Gasteiger partial charge in [-0.15, -0.1) is 0 Å². The van der Waals surface area contributed by atoms with Gasteiger partial charge in [-0.3, -0.25) is 9.59 Å². The molecule has 92 valence electrons. The van der Waals surface area contributed by atoms with Gasteiger partial charge in [-0.1, -0.05) is 0 Å². The Bertz CT molecular complexity index is 655. The van der Waals surface area contributed by atoms with E-state index in [1.54, 1.807) is 0 Å². The highest BCUT2D eigenvalue weighted by molar-refractivity contribution is 14.1. The number of aromatic amines is 1. The van der Waals surface area contributed by atoms with Gasteiger partial charge in [0.05, 0.1) is 5.69 Å². The van der Waals surface area contributed by atoms with Crippen LogP contribution in [0.2, 0.25) is 0 Å². The molecule has 18 heavy (non-hydrogen) atoms. The Morgan fingerprint density at radius 1 is 1.28 bits per heavy atom. The first kappa shape index (κ1) is 12.7. The Hall–Kier alpha value is -1.70. The molecule has 2 N–H and O–H groups in total. The largest absolute Gasteiger partial charge is 0.329 e. The zero-order chi connectivity index (χ0) is 13.1. The van der Waals surface area contributed by atoms with Crippen molar-refractivity contribution in [2.45, 2.75) is 0 Å². The van der Waals surface area contributed by atoms with Crippen LogP contribution in [0.5, 0.6) is 0 Å². The van der Waals surface area contributed by atoms with Crippen LogP contribution in [0.1, 0.15) is 10.4 Å². The first-order chi connectivity index (χ1) is 8.56. The Morgan fingerprint density at radius 3 is 2.72 bits per heavy atom. The predicted molar refractivity (Wildman–Crippen MR) is 74.1 cm³/mol. The number of anilines is 1. The summed E-state index contributed by atoms with van der Waals surface area (Å²) in [5.41, 5.74) is 0.401. The molecule has 0 atom stereocenters. The van der Waals surface area contributed by atoms with E-state index >= 15 is 0 Å². The molecule has 2 rings (SSSR count). The maximum atomic E-state index is 12.9. The molecule has 0 bridgehead atoms. The van der Waals surface area contributed by atoms with Gasteiger partial charge in [-0.2, -0.15) is 0 Å². The zero-order valence-electron chi connectivity index (χ0n) is 9.04. The van der Waals surface area contributed by atoms with Crippen molar-refractivity contribution >= 4 is 34.2 Å². The molecule has 0 aliphatic rings. The number of halogens is 2. The Kier molecular flexibility index (Phi) is 3.75. The lowest BCUT2D eigenvalue weighted by molar-refractivity contribution is 0.102. The van der Waals surface area contributed by atoms with Gasteiger partial charge in [0.15, 0.2) is 0 Å². The molecule has 0 aliphatic heterocycles. The lowest BCUT2D eigenvalue weighted by Gasteiger charge is -2.07. The SMILES string of the molecule is O=C(Nc1ccc(F)cc1I)c1cc[nH]c(=O)c1. The maximum Gasteiger partial charge on any atom is 0.255 e. The molecule has 4 nitrogen and oxygen atoms in total. The average Bonchev–Trinajstić information content (AvgIpc) is 2.32. The van der Waals surface area contributed by atoms with E-state index in [9.17, 15) is 14.0 Å². The Morgan fingerprint density at radius 2 is 2.06 bits per heavy atom. The van der Waals surface area contributed by atoms with Crippen LogP contribution in [-0.2, 0) is 0 Å². The third-order valence-electron chi connectivity index (χ3n) is 2.22. The summed E-state index contributed by atoms with van der Waals surface area (Å²) in [5, 5.41) is 2.62. The third-order valence-corrected chi connectivity index (χ3v) is 3.11. The number of hydrogen-bond acceptors (Lipinski definition) is 2. The number of hydrogen-bond donors (Lipinski definition) is 2. The van der Waals surface area contributed by atoms with Crippen LogP contribution in [0.4, 0.5) is 10.1 Å². The molecule has 1 aromatic carbocycles. The van der Waals surface area contributed by atoms with E-state index in [-0.39, 0.29) is 16.9 Å². The summed E-state index contributed by atoms with van der Waals surface area (Å²) < 4.78 is 13.5. The van der Waals surface area contributed by atoms with E-state index in [0.29, 0.717) is 9.26 Å². The Balaban J connectivity index is 2.24. The number of aromatic nitrogens is 1. The van der Waals surface area contributed by atoms with Crippen molar-refractivity contribution in [2.24, 2.45) is 0 Å². The minimum Gasteiger partial charge on any atom is -0.329 e. The smallest absolute Gasteiger partial charge is 0.255 e. The van der Waals surface area contributed by atoms with Crippen LogP contribution in [-0.4, -0.2) is 10.9 Å². The monoisotopic (exact) mass is 358 g/mol. The minimum atomic E-state index is -0.411. The lowest BCUT2D eigenvalue weighted by atomic mass is 10.2. The van der Waals surface area contributed by atoms with E-state index in [2.05, 4.69) is 10.3 Å². The van der Waals surface area contributed by atoms with Gasteiger partial charge in [0.2, 0.25) is 5.56 Å². The summed E-state index contributed by atoms with van der Waals surface area (Å²) in [6.07, 6.45) is 1.40. The second-order valence-electron chi connectivity index (χ2n) is 3.52. The number of H-pyrrole nitrogens is 1. The van der Waals surface area contributed by atoms with Crippen LogP contribution >= 0.6 is 22.6 Å². The maximum absolute atomic E-state index is 12.9. The molecule has 0 aliphatic carbocycles. The molecular formula is C12H8FIN2O2. The summed E-state index contributed by atoms with van der Waals surface area (Å²) in [7, 11) is 0. The highest BCUT2D eigenvalue weighted by atomic mass is 127. The van der Waals surface area contributed by atoms with Gasteiger partial charge >= 0.3 is 0 Å². The fraction of sp³-hybridized carbons (Fsp3) is 0. The fourth-order valence-corrected chi connectivity index (χ4v) is 1.98. The molecule has 0 unspecified atom stereocenters. The standard InChI is InChI=1S/C12H8FIN2O2/c13-8-1-2-10(9(14)6-8)16-12(18)7-3-4-15-11(17)5-7/h1-6H,(H,15,17)(H,16,18). The molecule has 0 fully saturated rings. The molecule has 2 aromatic rings. The quantitative estimate of drug-likeness (QED) is 0.810. The van der Waals surface area contributed by atoms with Crippen molar-refractivity contribution in [1.82, 2.24) is 4.98 Å². The summed E-state index contributed by atoms with van der Waals surface area (Å²) >= 11 is 1.92. The highest BCUT2D eigenvalue weighted by Crippen LogP contribution is 2.19. The molecule has 0 radical (unpaired) electrons. The average molecular weight is 358 g/mol. The van der Waals surface area contributed by atoms with Crippen LogP contribution < -0.4 is 10.9 Å². The van der Waals surface area contributed by atoms with Crippen LogP contribution in [0, 0.1) is 9.39 Å². The van der Waals surface area contributed by atoms with Gasteiger partial charge in [0, 0.05) is 21.4 Å². The highest BCUT2D eigenvalue weighted by Gasteiger charge is 2.09. The minimum absolute atomic E-state index is 0.249. The van der Waals surface area contributed by atoms with Crippen LogP contribution in [0.25, 0.3) is 0 Å². The number of rotatable bonds is 2. The number of carbonyl (C=O) groups is 1. The van der Waals surface area contributed by atoms with E-state index in [0.717, 1.165) is 0 Å². The predicted octanol–water partition coefficient (Wildman–Crippen LogP) is 2.37. The molecule has 6 heteroatoms. The van der Waals surface area contributed by atoms with Crippen molar-refractivity contribution in [1.29, 1.82) is 0 Å². The van der Waals surface area contributed by atoms with Crippen molar-refractivity contribution in [3.8, 4) is 0 Å². The van der Waals surface area contributed by atoms with Crippen LogP contribution in [0.3, 0.4) is 0 Å². The number of carbonyl (C=O) groups excluding carboxylic acids is 1. The second-order valence-corrected chi connectivity index (χ2v) is 4.68. The van der Waals surface area contributed by atoms with E-state index < -0.39 is 5.91 Å². The molecule has 0 saturated carbocycles. The fourth-order valence-electron chi connectivity index (χ4n) is 1.37. The summed E-state index contributed by atoms with van der Waals surface area (Å²) in [6, 6.07) is 6.74. The van der Waals surface area contributed by atoms with Crippen molar-refractivity contribution < 1.29 is 9.18 Å². The van der Waals surface area contributed by atoms with Crippen LogP contribution in [0.15, 0.2) is 41.3 Å². The van der Waals surface area contributed by atoms with Gasteiger partial charge < -0.3 is 10.3 Å². The van der Waals surface area contributed by atoms with Gasteiger partial charge in [0.25, 0.3) is 5.91 Å². The van der Waals surface area contributed by atoms with Gasteiger partial charge in [0.1, 0.15) is 5.82 Å². The number of pyridine rings is 1. The van der Waals surface area contributed by atoms with Crippen molar-refractivity contribution in [3.05, 3.63) is 61.8 Å². The summed E-state index contributed by atoms with van der Waals surface area (Å²) in [4.78, 5) is 25.3. The lowest BCUT2D eigenvalue weighted by Crippen LogP contribution is -2.16. The first-order valence-corrected chi connectivity index (χ1v) is 6.09. The topological polar surface area (TPSA) is 62.0 Å². The zero-order valence-corrected chi connectivity index (χ0v) is 11.2. The second kappa shape index (κ2) is 5.30. The van der Waals surface area contributed by atoms with E-state index in [4.69, 9.17) is 0 Å². The molecule has 1 amide bonds. The normalized spacial score (nSPS) is 10.1. The molecule has 1 aromatic heterocycles. The first-order valence-electron chi connectivity index (χ1n) is 5.01. The summed E-state index contributed by atoms with van der Waals surface area (Å²) in [5.74, 6) is -0.779. The summed E-state index contributed by atoms with van der Waals surface area (Å²) in [6.45, 7) is 0. The Labute approximate surface area is 115 Å².